The van der Waals surface area contributed by atoms with Crippen molar-refractivity contribution in [2.75, 3.05) is 6.07 Å². The minimum absolute atomic E-state index is 0.148. The number of ether oxygens (including phenoxy) is 1. The molecule has 0 N–H and O–H groups in total. The number of pyridine rings is 1. The van der Waals surface area contributed by atoms with Crippen LogP contribution in [0, 0.1) is 0 Å². The van der Waals surface area contributed by atoms with Gasteiger partial charge in [-0.15, -0.1) is 0 Å². The predicted molar refractivity (Wildman–Crippen MR) is 53.1 cm³/mol. The molecular formula is C10H8ClNO. The number of benzene rings is 1. The van der Waals surface area contributed by atoms with Crippen LogP contribution < -0.4 is 4.74 Å². The molecule has 0 aliphatic heterocycles. The van der Waals surface area contributed by atoms with Gasteiger partial charge in [-0.2, -0.15) is 0 Å². The van der Waals surface area contributed by atoms with Gasteiger partial charge in [-0.05, 0) is 12.1 Å². The smallest absolute Gasteiger partial charge is 0.162 e. The van der Waals surface area contributed by atoms with E-state index in [-0.39, 0.29) is 6.07 Å². The van der Waals surface area contributed by atoms with Gasteiger partial charge in [-0.25, -0.2) is 0 Å². The molecular weight excluding hydrogens is 186 g/mol. The summed E-state index contributed by atoms with van der Waals surface area (Å²) in [6.45, 7) is 0. The summed E-state index contributed by atoms with van der Waals surface area (Å²) in [5.74, 6) is 0.730. The van der Waals surface area contributed by atoms with Crippen molar-refractivity contribution in [3.05, 3.63) is 36.5 Å². The second kappa shape index (κ2) is 3.62. The van der Waals surface area contributed by atoms with Crippen LogP contribution in [-0.2, 0) is 0 Å². The maximum Gasteiger partial charge on any atom is 0.162 e. The fraction of sp³-hybridized carbons (Fsp3) is 0.100. The lowest BCUT2D eigenvalue weighted by Gasteiger charge is -2.04. The van der Waals surface area contributed by atoms with Crippen LogP contribution in [0.2, 0.25) is 0 Å². The molecule has 0 saturated heterocycles. The lowest BCUT2D eigenvalue weighted by atomic mass is 10.2. The fourth-order valence-electron chi connectivity index (χ4n) is 1.25. The zero-order valence-electron chi connectivity index (χ0n) is 6.90. The van der Waals surface area contributed by atoms with Gasteiger partial charge in [-0.3, -0.25) is 4.98 Å². The average molecular weight is 194 g/mol. The lowest BCUT2D eigenvalue weighted by molar-refractivity contribution is 0.392. The topological polar surface area (TPSA) is 22.1 Å². The standard InChI is InChI=1S/C10H8ClNO/c11-7-13-9-5-1-3-8-4-2-6-12-10(8)9/h1-6H,7H2. The van der Waals surface area contributed by atoms with Crippen molar-refractivity contribution < 1.29 is 4.74 Å². The Morgan fingerprint density at radius 2 is 2.08 bits per heavy atom. The van der Waals surface area contributed by atoms with Gasteiger partial charge in [0.25, 0.3) is 0 Å². The molecule has 1 aromatic carbocycles. The van der Waals surface area contributed by atoms with E-state index in [1.54, 1.807) is 6.20 Å². The molecule has 2 rings (SSSR count). The molecule has 0 bridgehead atoms. The van der Waals surface area contributed by atoms with E-state index < -0.39 is 0 Å². The van der Waals surface area contributed by atoms with Gasteiger partial charge in [0.2, 0.25) is 0 Å². The van der Waals surface area contributed by atoms with Crippen LogP contribution in [0.4, 0.5) is 0 Å². The van der Waals surface area contributed by atoms with Gasteiger partial charge in [0, 0.05) is 11.6 Å². The van der Waals surface area contributed by atoms with Crippen molar-refractivity contribution in [3.63, 3.8) is 0 Å². The average Bonchev–Trinajstić information content (AvgIpc) is 2.19. The number of fused-ring (bicyclic) bond motifs is 1. The molecule has 13 heavy (non-hydrogen) atoms. The van der Waals surface area contributed by atoms with Crippen molar-refractivity contribution in [1.29, 1.82) is 0 Å². The van der Waals surface area contributed by atoms with Crippen LogP contribution in [0.5, 0.6) is 5.75 Å². The first-order chi connectivity index (χ1) is 6.42. The van der Waals surface area contributed by atoms with Crippen LogP contribution in [0.3, 0.4) is 0 Å². The number of aromatic nitrogens is 1. The second-order valence-corrected chi connectivity index (χ2v) is 2.80. The Morgan fingerprint density at radius 3 is 2.92 bits per heavy atom. The number of rotatable bonds is 2. The van der Waals surface area contributed by atoms with Crippen LogP contribution in [0.1, 0.15) is 0 Å². The van der Waals surface area contributed by atoms with E-state index in [0.717, 1.165) is 16.7 Å². The third kappa shape index (κ3) is 1.58. The summed E-state index contributed by atoms with van der Waals surface area (Å²) in [6.07, 6.45) is 1.74. The first kappa shape index (κ1) is 8.32. The van der Waals surface area contributed by atoms with Crippen molar-refractivity contribution in [3.8, 4) is 5.75 Å². The molecule has 3 heteroatoms. The van der Waals surface area contributed by atoms with Gasteiger partial charge in [0.1, 0.15) is 11.3 Å². The van der Waals surface area contributed by atoms with E-state index >= 15 is 0 Å². The normalized spacial score (nSPS) is 10.2. The van der Waals surface area contributed by atoms with Crippen molar-refractivity contribution in [2.45, 2.75) is 0 Å². The number of halogens is 1. The third-order valence-corrected chi connectivity index (χ3v) is 1.91. The molecule has 1 heterocycles. The summed E-state index contributed by atoms with van der Waals surface area (Å²) in [5, 5.41) is 1.06. The predicted octanol–water partition coefficient (Wildman–Crippen LogP) is 2.81. The lowest BCUT2D eigenvalue weighted by Crippen LogP contribution is -1.90. The van der Waals surface area contributed by atoms with Crippen molar-refractivity contribution in [1.82, 2.24) is 4.98 Å². The Morgan fingerprint density at radius 1 is 1.23 bits per heavy atom. The molecule has 66 valence electrons. The van der Waals surface area contributed by atoms with Crippen LogP contribution in [-0.4, -0.2) is 11.1 Å². The quantitative estimate of drug-likeness (QED) is 0.685. The summed E-state index contributed by atoms with van der Waals surface area (Å²) in [5.41, 5.74) is 0.852. The maximum absolute atomic E-state index is 5.49. The molecule has 0 atom stereocenters. The highest BCUT2D eigenvalue weighted by molar-refractivity contribution is 6.17. The SMILES string of the molecule is ClCOc1cccc2cccnc12. The Hall–Kier alpha value is -1.28. The molecule has 0 radical (unpaired) electrons. The summed E-state index contributed by atoms with van der Waals surface area (Å²) < 4.78 is 5.22. The molecule has 0 fully saturated rings. The third-order valence-electron chi connectivity index (χ3n) is 1.81. The largest absolute Gasteiger partial charge is 0.476 e. The van der Waals surface area contributed by atoms with Crippen LogP contribution >= 0.6 is 11.6 Å². The van der Waals surface area contributed by atoms with E-state index in [0.29, 0.717) is 0 Å². The Kier molecular flexibility index (Phi) is 2.32. The molecule has 2 nitrogen and oxygen atoms in total. The molecule has 2 aromatic rings. The molecule has 0 unspecified atom stereocenters. The van der Waals surface area contributed by atoms with Crippen LogP contribution in [0.25, 0.3) is 10.9 Å². The van der Waals surface area contributed by atoms with E-state index in [9.17, 15) is 0 Å². The molecule has 0 spiro atoms. The Bertz CT molecular complexity index is 411. The summed E-state index contributed by atoms with van der Waals surface area (Å²) in [4.78, 5) is 4.22. The van der Waals surface area contributed by atoms with Crippen molar-refractivity contribution >= 4 is 22.5 Å². The summed E-state index contributed by atoms with van der Waals surface area (Å²) >= 11 is 5.49. The second-order valence-electron chi connectivity index (χ2n) is 2.58. The molecule has 1 aromatic heterocycles. The number of hydrogen-bond acceptors (Lipinski definition) is 2. The zero-order chi connectivity index (χ0) is 9.10. The first-order valence-corrected chi connectivity index (χ1v) is 4.48. The van der Waals surface area contributed by atoms with Gasteiger partial charge in [0.15, 0.2) is 6.07 Å². The maximum atomic E-state index is 5.49. The van der Waals surface area contributed by atoms with Gasteiger partial charge in [0.05, 0.1) is 0 Å². The highest BCUT2D eigenvalue weighted by Gasteiger charge is 2.00. The number of alkyl halides is 1. The number of nitrogens with zero attached hydrogens (tertiary/aromatic N) is 1. The van der Waals surface area contributed by atoms with E-state index in [4.69, 9.17) is 16.3 Å². The summed E-state index contributed by atoms with van der Waals surface area (Å²) in [7, 11) is 0. The van der Waals surface area contributed by atoms with E-state index in [1.165, 1.54) is 0 Å². The number of hydrogen-bond donors (Lipinski definition) is 0. The molecule has 0 amide bonds. The van der Waals surface area contributed by atoms with Crippen LogP contribution in [0.15, 0.2) is 36.5 Å². The number of para-hydroxylation sites is 1. The van der Waals surface area contributed by atoms with E-state index in [1.807, 2.05) is 30.3 Å². The first-order valence-electron chi connectivity index (χ1n) is 3.94. The monoisotopic (exact) mass is 193 g/mol. The van der Waals surface area contributed by atoms with Gasteiger partial charge >= 0.3 is 0 Å². The fourth-order valence-corrected chi connectivity index (χ4v) is 1.37. The highest BCUT2D eigenvalue weighted by atomic mass is 35.5. The minimum atomic E-state index is 0.148. The zero-order valence-corrected chi connectivity index (χ0v) is 7.66. The molecule has 0 aliphatic rings. The van der Waals surface area contributed by atoms with E-state index in [2.05, 4.69) is 4.98 Å². The minimum Gasteiger partial charge on any atom is -0.476 e. The van der Waals surface area contributed by atoms with Gasteiger partial charge < -0.3 is 4.74 Å². The molecule has 0 aliphatic carbocycles. The highest BCUT2D eigenvalue weighted by Crippen LogP contribution is 2.22. The molecule has 0 saturated carbocycles. The Labute approximate surface area is 81.1 Å². The van der Waals surface area contributed by atoms with Crippen molar-refractivity contribution in [2.24, 2.45) is 0 Å². The Balaban J connectivity index is 2.61. The summed E-state index contributed by atoms with van der Waals surface area (Å²) in [6, 6.07) is 9.80. The van der Waals surface area contributed by atoms with Gasteiger partial charge in [-0.1, -0.05) is 29.8 Å².